The SMILES string of the molecule is CCN(CC)c1ccc(C(=O)OC(C)C(=O)Nc2cccc(C#N)c2)cc1. The van der Waals surface area contributed by atoms with Crippen LogP contribution in [0.5, 0.6) is 0 Å². The van der Waals surface area contributed by atoms with Crippen molar-refractivity contribution in [2.45, 2.75) is 26.9 Å². The molecule has 0 aliphatic heterocycles. The molecule has 1 unspecified atom stereocenters. The fourth-order valence-electron chi connectivity index (χ4n) is 2.59. The predicted octanol–water partition coefficient (Wildman–Crippen LogP) is 3.59. The van der Waals surface area contributed by atoms with Crippen molar-refractivity contribution in [3.05, 3.63) is 59.7 Å². The summed E-state index contributed by atoms with van der Waals surface area (Å²) in [4.78, 5) is 26.7. The summed E-state index contributed by atoms with van der Waals surface area (Å²) in [5.74, 6) is -1.02. The Morgan fingerprint density at radius 2 is 1.81 bits per heavy atom. The minimum Gasteiger partial charge on any atom is -0.449 e. The Kier molecular flexibility index (Phi) is 6.95. The highest BCUT2D eigenvalue weighted by molar-refractivity contribution is 5.97. The van der Waals surface area contributed by atoms with Gasteiger partial charge in [-0.15, -0.1) is 0 Å². The average Bonchev–Trinajstić information content (AvgIpc) is 2.69. The van der Waals surface area contributed by atoms with E-state index in [-0.39, 0.29) is 0 Å². The van der Waals surface area contributed by atoms with E-state index in [4.69, 9.17) is 10.00 Å². The molecule has 0 heterocycles. The molecule has 6 nitrogen and oxygen atoms in total. The van der Waals surface area contributed by atoms with E-state index in [9.17, 15) is 9.59 Å². The van der Waals surface area contributed by atoms with Gasteiger partial charge in [-0.3, -0.25) is 4.79 Å². The molecule has 0 saturated heterocycles. The third kappa shape index (κ3) is 5.32. The molecule has 1 atom stereocenters. The van der Waals surface area contributed by atoms with Crippen LogP contribution in [0.3, 0.4) is 0 Å². The Morgan fingerprint density at radius 1 is 1.15 bits per heavy atom. The van der Waals surface area contributed by atoms with Crippen molar-refractivity contribution in [2.75, 3.05) is 23.3 Å². The van der Waals surface area contributed by atoms with Gasteiger partial charge in [0.25, 0.3) is 5.91 Å². The Balaban J connectivity index is 1.97. The fraction of sp³-hybridized carbons (Fsp3) is 0.286. The van der Waals surface area contributed by atoms with Gasteiger partial charge in [0.2, 0.25) is 0 Å². The quantitative estimate of drug-likeness (QED) is 0.758. The number of rotatable bonds is 7. The number of hydrogen-bond acceptors (Lipinski definition) is 5. The fourth-order valence-corrected chi connectivity index (χ4v) is 2.59. The molecule has 0 spiro atoms. The second-order valence-corrected chi connectivity index (χ2v) is 5.95. The van der Waals surface area contributed by atoms with Gasteiger partial charge in [-0.1, -0.05) is 6.07 Å². The maximum atomic E-state index is 12.3. The lowest BCUT2D eigenvalue weighted by molar-refractivity contribution is -0.123. The Morgan fingerprint density at radius 3 is 2.41 bits per heavy atom. The highest BCUT2D eigenvalue weighted by Gasteiger charge is 2.19. The van der Waals surface area contributed by atoms with Gasteiger partial charge in [0.1, 0.15) is 0 Å². The van der Waals surface area contributed by atoms with Gasteiger partial charge in [0.05, 0.1) is 17.2 Å². The van der Waals surface area contributed by atoms with Gasteiger partial charge < -0.3 is 15.0 Å². The summed E-state index contributed by atoms with van der Waals surface area (Å²) >= 11 is 0. The molecule has 27 heavy (non-hydrogen) atoms. The first-order chi connectivity index (χ1) is 13.0. The van der Waals surface area contributed by atoms with Crippen LogP contribution in [-0.4, -0.2) is 31.1 Å². The Bertz CT molecular complexity index is 836. The number of esters is 1. The van der Waals surface area contributed by atoms with E-state index in [0.29, 0.717) is 16.8 Å². The number of ether oxygens (including phenoxy) is 1. The van der Waals surface area contributed by atoms with Crippen molar-refractivity contribution in [3.63, 3.8) is 0 Å². The molecule has 2 aromatic rings. The molecule has 140 valence electrons. The minimum atomic E-state index is -0.967. The summed E-state index contributed by atoms with van der Waals surface area (Å²) in [5.41, 5.74) is 2.33. The molecule has 0 saturated carbocycles. The summed E-state index contributed by atoms with van der Waals surface area (Å²) in [5, 5.41) is 11.5. The maximum Gasteiger partial charge on any atom is 0.338 e. The van der Waals surface area contributed by atoms with Gasteiger partial charge in [-0.05, 0) is 63.2 Å². The van der Waals surface area contributed by atoms with E-state index in [1.807, 2.05) is 18.2 Å². The van der Waals surface area contributed by atoms with Crippen LogP contribution in [0.15, 0.2) is 48.5 Å². The van der Waals surface area contributed by atoms with Gasteiger partial charge in [-0.25, -0.2) is 4.79 Å². The summed E-state index contributed by atoms with van der Waals surface area (Å²) in [7, 11) is 0. The lowest BCUT2D eigenvalue weighted by Gasteiger charge is -2.21. The first-order valence-corrected chi connectivity index (χ1v) is 8.85. The molecule has 2 aromatic carbocycles. The van der Waals surface area contributed by atoms with Gasteiger partial charge in [-0.2, -0.15) is 5.26 Å². The molecule has 0 aliphatic carbocycles. The molecule has 0 fully saturated rings. The van der Waals surface area contributed by atoms with E-state index < -0.39 is 18.0 Å². The number of nitrogens with one attached hydrogen (secondary N) is 1. The molecular weight excluding hydrogens is 342 g/mol. The molecule has 0 aliphatic rings. The molecule has 0 bridgehead atoms. The number of amides is 1. The van der Waals surface area contributed by atoms with E-state index >= 15 is 0 Å². The number of anilines is 2. The Hall–Kier alpha value is -3.33. The van der Waals surface area contributed by atoms with Crippen molar-refractivity contribution in [2.24, 2.45) is 0 Å². The topological polar surface area (TPSA) is 82.4 Å². The van der Waals surface area contributed by atoms with E-state index in [1.54, 1.807) is 36.4 Å². The van der Waals surface area contributed by atoms with Crippen LogP contribution >= 0.6 is 0 Å². The summed E-state index contributed by atoms with van der Waals surface area (Å²) in [6.07, 6.45) is -0.967. The molecular formula is C21H23N3O3. The van der Waals surface area contributed by atoms with E-state index in [0.717, 1.165) is 18.8 Å². The number of hydrogen-bond donors (Lipinski definition) is 1. The number of nitriles is 1. The zero-order valence-electron chi connectivity index (χ0n) is 15.7. The van der Waals surface area contributed by atoms with Crippen molar-refractivity contribution < 1.29 is 14.3 Å². The smallest absolute Gasteiger partial charge is 0.338 e. The van der Waals surface area contributed by atoms with Gasteiger partial charge in [0.15, 0.2) is 6.10 Å². The lowest BCUT2D eigenvalue weighted by atomic mass is 10.2. The van der Waals surface area contributed by atoms with E-state index in [2.05, 4.69) is 24.1 Å². The lowest BCUT2D eigenvalue weighted by Crippen LogP contribution is -2.30. The monoisotopic (exact) mass is 365 g/mol. The van der Waals surface area contributed by atoms with Crippen molar-refractivity contribution in [1.82, 2.24) is 0 Å². The number of nitrogens with zero attached hydrogens (tertiary/aromatic N) is 2. The van der Waals surface area contributed by atoms with Crippen LogP contribution in [0.1, 0.15) is 36.7 Å². The average molecular weight is 365 g/mol. The third-order valence-electron chi connectivity index (χ3n) is 4.14. The molecule has 1 amide bonds. The second kappa shape index (κ2) is 9.39. The summed E-state index contributed by atoms with van der Waals surface area (Å²) < 4.78 is 5.25. The normalized spacial score (nSPS) is 11.2. The van der Waals surface area contributed by atoms with Crippen LogP contribution in [0.2, 0.25) is 0 Å². The summed E-state index contributed by atoms with van der Waals surface area (Å²) in [6, 6.07) is 15.6. The maximum absolute atomic E-state index is 12.3. The van der Waals surface area contributed by atoms with E-state index in [1.165, 1.54) is 6.92 Å². The molecule has 6 heteroatoms. The van der Waals surface area contributed by atoms with Crippen LogP contribution < -0.4 is 10.2 Å². The number of benzene rings is 2. The zero-order chi connectivity index (χ0) is 19.8. The van der Waals surface area contributed by atoms with Crippen LogP contribution in [0, 0.1) is 11.3 Å². The minimum absolute atomic E-state index is 0.386. The number of carbonyl (C=O) groups excluding carboxylic acids is 2. The highest BCUT2D eigenvalue weighted by Crippen LogP contribution is 2.16. The standard InChI is InChI=1S/C21H23N3O3/c1-4-24(5-2)19-11-9-17(10-12-19)21(26)27-15(3)20(25)23-18-8-6-7-16(13-18)14-22/h6-13,15H,4-5H2,1-3H3,(H,23,25). The van der Waals surface area contributed by atoms with Crippen molar-refractivity contribution >= 4 is 23.3 Å². The zero-order valence-corrected chi connectivity index (χ0v) is 15.7. The van der Waals surface area contributed by atoms with Crippen molar-refractivity contribution in [1.29, 1.82) is 5.26 Å². The van der Waals surface area contributed by atoms with Crippen LogP contribution in [0.25, 0.3) is 0 Å². The summed E-state index contributed by atoms with van der Waals surface area (Å²) in [6.45, 7) is 7.40. The highest BCUT2D eigenvalue weighted by atomic mass is 16.5. The first-order valence-electron chi connectivity index (χ1n) is 8.85. The number of carbonyl (C=O) groups is 2. The predicted molar refractivity (Wildman–Crippen MR) is 105 cm³/mol. The molecule has 2 rings (SSSR count). The van der Waals surface area contributed by atoms with Gasteiger partial charge in [0, 0.05) is 24.5 Å². The second-order valence-electron chi connectivity index (χ2n) is 5.95. The van der Waals surface area contributed by atoms with Crippen LogP contribution in [0.4, 0.5) is 11.4 Å². The third-order valence-corrected chi connectivity index (χ3v) is 4.14. The molecule has 0 radical (unpaired) electrons. The molecule has 1 N–H and O–H groups in total. The van der Waals surface area contributed by atoms with Crippen molar-refractivity contribution in [3.8, 4) is 6.07 Å². The molecule has 0 aromatic heterocycles. The van der Waals surface area contributed by atoms with Crippen LogP contribution in [-0.2, 0) is 9.53 Å². The Labute approximate surface area is 159 Å². The van der Waals surface area contributed by atoms with Gasteiger partial charge >= 0.3 is 5.97 Å². The first kappa shape index (κ1) is 20.0. The largest absolute Gasteiger partial charge is 0.449 e.